The van der Waals surface area contributed by atoms with Crippen LogP contribution in [0.5, 0.6) is 0 Å². The molecule has 0 aliphatic carbocycles. The maximum absolute atomic E-state index is 12.2. The van der Waals surface area contributed by atoms with Crippen LogP contribution in [0.25, 0.3) is 0 Å². The first-order chi connectivity index (χ1) is 11.1. The fraction of sp³-hybridized carbons (Fsp3) is 0.353. The molecular weight excluding hydrogens is 292 g/mol. The molecule has 0 aliphatic rings. The van der Waals surface area contributed by atoms with Crippen LogP contribution in [0, 0.1) is 13.8 Å². The lowest BCUT2D eigenvalue weighted by atomic mass is 10.1. The second-order valence-corrected chi connectivity index (χ2v) is 5.33. The normalized spacial score (nSPS) is 10.4. The Hall–Kier alpha value is -2.47. The molecule has 0 spiro atoms. The number of carbonyl (C=O) groups excluding carboxylic acids is 1. The van der Waals surface area contributed by atoms with Crippen molar-refractivity contribution in [3.63, 3.8) is 0 Å². The Balaban J connectivity index is 1.92. The molecule has 122 valence electrons. The number of ether oxygens (including phenoxy) is 1. The number of nitrogens with one attached hydrogen (secondary N) is 2. The van der Waals surface area contributed by atoms with Gasteiger partial charge in [0.1, 0.15) is 5.82 Å². The first-order valence-electron chi connectivity index (χ1n) is 7.55. The molecule has 0 radical (unpaired) electrons. The number of rotatable bonds is 7. The van der Waals surface area contributed by atoms with Crippen LogP contribution in [0.1, 0.15) is 27.9 Å². The van der Waals surface area contributed by atoms with Gasteiger partial charge in [-0.3, -0.25) is 4.79 Å². The van der Waals surface area contributed by atoms with Crippen LogP contribution in [-0.4, -0.2) is 36.4 Å². The topological polar surface area (TPSA) is 76.1 Å². The second kappa shape index (κ2) is 8.24. The van der Waals surface area contributed by atoms with Crippen molar-refractivity contribution in [3.05, 3.63) is 47.0 Å². The average Bonchev–Trinajstić information content (AvgIpc) is 2.55. The largest absolute Gasteiger partial charge is 0.385 e. The monoisotopic (exact) mass is 314 g/mol. The lowest BCUT2D eigenvalue weighted by Crippen LogP contribution is -2.14. The summed E-state index contributed by atoms with van der Waals surface area (Å²) in [6, 6.07) is 9.12. The molecule has 0 bridgehead atoms. The zero-order valence-corrected chi connectivity index (χ0v) is 13.7. The molecule has 6 nitrogen and oxygen atoms in total. The molecule has 23 heavy (non-hydrogen) atoms. The Morgan fingerprint density at radius 3 is 2.48 bits per heavy atom. The summed E-state index contributed by atoms with van der Waals surface area (Å²) in [5.41, 5.74) is 2.85. The molecule has 0 unspecified atom stereocenters. The molecule has 0 aliphatic heterocycles. The highest BCUT2D eigenvalue weighted by atomic mass is 16.5. The molecule has 2 rings (SSSR count). The lowest BCUT2D eigenvalue weighted by molar-refractivity contribution is 0.102. The third kappa shape index (κ3) is 5.03. The minimum absolute atomic E-state index is 0.191. The SMILES string of the molecule is COCCCNc1ccc(NC(=O)c2ccc(C)c(C)c2)nn1. The van der Waals surface area contributed by atoms with Gasteiger partial charge in [-0.05, 0) is 55.7 Å². The Bertz CT molecular complexity index is 656. The maximum atomic E-state index is 12.2. The van der Waals surface area contributed by atoms with Crippen molar-refractivity contribution in [3.8, 4) is 0 Å². The summed E-state index contributed by atoms with van der Waals surface area (Å²) >= 11 is 0. The summed E-state index contributed by atoms with van der Waals surface area (Å²) < 4.78 is 4.98. The second-order valence-electron chi connectivity index (χ2n) is 5.33. The highest BCUT2D eigenvalue weighted by Crippen LogP contribution is 2.12. The fourth-order valence-corrected chi connectivity index (χ4v) is 2.00. The molecule has 2 N–H and O–H groups in total. The van der Waals surface area contributed by atoms with Gasteiger partial charge in [-0.15, -0.1) is 10.2 Å². The van der Waals surface area contributed by atoms with Gasteiger partial charge in [0.05, 0.1) is 0 Å². The molecule has 2 aromatic rings. The highest BCUT2D eigenvalue weighted by Gasteiger charge is 2.08. The number of aromatic nitrogens is 2. The van der Waals surface area contributed by atoms with Gasteiger partial charge >= 0.3 is 0 Å². The molecular formula is C17H22N4O2. The van der Waals surface area contributed by atoms with Crippen molar-refractivity contribution in [2.24, 2.45) is 0 Å². The number of methoxy groups -OCH3 is 1. The Morgan fingerprint density at radius 2 is 1.83 bits per heavy atom. The van der Waals surface area contributed by atoms with Crippen LogP contribution in [0.3, 0.4) is 0 Å². The van der Waals surface area contributed by atoms with Crippen LogP contribution >= 0.6 is 0 Å². The highest BCUT2D eigenvalue weighted by molar-refractivity contribution is 6.03. The van der Waals surface area contributed by atoms with Crippen LogP contribution in [0.4, 0.5) is 11.6 Å². The van der Waals surface area contributed by atoms with E-state index in [1.807, 2.05) is 26.0 Å². The number of nitrogens with zero attached hydrogens (tertiary/aromatic N) is 2. The smallest absolute Gasteiger partial charge is 0.256 e. The molecule has 6 heteroatoms. The summed E-state index contributed by atoms with van der Waals surface area (Å²) in [5, 5.41) is 13.9. The van der Waals surface area contributed by atoms with Gasteiger partial charge in [0.2, 0.25) is 0 Å². The van der Waals surface area contributed by atoms with Gasteiger partial charge < -0.3 is 15.4 Å². The molecule has 1 heterocycles. The van der Waals surface area contributed by atoms with Crippen LogP contribution in [0.2, 0.25) is 0 Å². The van der Waals surface area contributed by atoms with E-state index in [0.29, 0.717) is 23.8 Å². The van der Waals surface area contributed by atoms with Crippen molar-refractivity contribution in [1.29, 1.82) is 0 Å². The van der Waals surface area contributed by atoms with Gasteiger partial charge in [-0.2, -0.15) is 0 Å². The molecule has 0 saturated heterocycles. The van der Waals surface area contributed by atoms with E-state index in [9.17, 15) is 4.79 Å². The quantitative estimate of drug-likeness (QED) is 0.769. The van der Waals surface area contributed by atoms with E-state index in [2.05, 4.69) is 20.8 Å². The van der Waals surface area contributed by atoms with E-state index in [0.717, 1.165) is 24.1 Å². The zero-order chi connectivity index (χ0) is 16.7. The van der Waals surface area contributed by atoms with Crippen molar-refractivity contribution >= 4 is 17.5 Å². The number of hydrogen-bond acceptors (Lipinski definition) is 5. The fourth-order valence-electron chi connectivity index (χ4n) is 2.00. The zero-order valence-electron chi connectivity index (χ0n) is 13.7. The van der Waals surface area contributed by atoms with Crippen molar-refractivity contribution in [2.75, 3.05) is 30.9 Å². The van der Waals surface area contributed by atoms with Crippen LogP contribution in [-0.2, 0) is 4.74 Å². The standard InChI is InChI=1S/C17H22N4O2/c1-12-5-6-14(11-13(12)2)17(22)19-16-8-7-15(20-21-16)18-9-4-10-23-3/h5-8,11H,4,9-10H2,1-3H3,(H,18,20)(H,19,21,22). The minimum atomic E-state index is -0.191. The van der Waals surface area contributed by atoms with Gasteiger partial charge in [-0.25, -0.2) is 0 Å². The van der Waals surface area contributed by atoms with Gasteiger partial charge in [0, 0.05) is 25.8 Å². The van der Waals surface area contributed by atoms with E-state index in [-0.39, 0.29) is 5.91 Å². The van der Waals surface area contributed by atoms with E-state index in [1.165, 1.54) is 0 Å². The first kappa shape index (κ1) is 16.9. The average molecular weight is 314 g/mol. The van der Waals surface area contributed by atoms with E-state index >= 15 is 0 Å². The van der Waals surface area contributed by atoms with Gasteiger partial charge in [-0.1, -0.05) is 6.07 Å². The predicted molar refractivity (Wildman–Crippen MR) is 90.9 cm³/mol. The predicted octanol–water partition coefficient (Wildman–Crippen LogP) is 2.79. The summed E-state index contributed by atoms with van der Waals surface area (Å²) in [5.74, 6) is 0.907. The number of benzene rings is 1. The van der Waals surface area contributed by atoms with Gasteiger partial charge in [0.25, 0.3) is 5.91 Å². The van der Waals surface area contributed by atoms with E-state index in [4.69, 9.17) is 4.74 Å². The first-order valence-corrected chi connectivity index (χ1v) is 7.55. The molecule has 0 fully saturated rings. The summed E-state index contributed by atoms with van der Waals surface area (Å²) in [6.07, 6.45) is 0.892. The third-order valence-electron chi connectivity index (χ3n) is 3.51. The number of hydrogen-bond donors (Lipinski definition) is 2. The molecule has 0 atom stereocenters. The van der Waals surface area contributed by atoms with Crippen LogP contribution in [0.15, 0.2) is 30.3 Å². The lowest BCUT2D eigenvalue weighted by Gasteiger charge is -2.07. The molecule has 1 aromatic carbocycles. The molecule has 0 saturated carbocycles. The van der Waals surface area contributed by atoms with E-state index in [1.54, 1.807) is 25.3 Å². The number of anilines is 2. The van der Waals surface area contributed by atoms with Crippen molar-refractivity contribution in [1.82, 2.24) is 10.2 Å². The van der Waals surface area contributed by atoms with Crippen molar-refractivity contribution in [2.45, 2.75) is 20.3 Å². The van der Waals surface area contributed by atoms with Gasteiger partial charge in [0.15, 0.2) is 5.82 Å². The Morgan fingerprint density at radius 1 is 1.09 bits per heavy atom. The van der Waals surface area contributed by atoms with Crippen LogP contribution < -0.4 is 10.6 Å². The third-order valence-corrected chi connectivity index (χ3v) is 3.51. The summed E-state index contributed by atoms with van der Waals surface area (Å²) in [6.45, 7) is 5.46. The molecule has 1 aromatic heterocycles. The van der Waals surface area contributed by atoms with Crippen molar-refractivity contribution < 1.29 is 9.53 Å². The number of carbonyl (C=O) groups is 1. The minimum Gasteiger partial charge on any atom is -0.385 e. The summed E-state index contributed by atoms with van der Waals surface area (Å²) in [4.78, 5) is 12.2. The Kier molecular flexibility index (Phi) is 6.05. The van der Waals surface area contributed by atoms with E-state index < -0.39 is 0 Å². The maximum Gasteiger partial charge on any atom is 0.256 e. The number of amides is 1. The Labute approximate surface area is 136 Å². The summed E-state index contributed by atoms with van der Waals surface area (Å²) in [7, 11) is 1.67. The molecule has 1 amide bonds. The number of aryl methyl sites for hydroxylation is 2.